The Morgan fingerprint density at radius 1 is 0.645 bits per heavy atom. The molecule has 0 saturated heterocycles. The molecule has 0 spiro atoms. The van der Waals surface area contributed by atoms with E-state index >= 15 is 0 Å². The number of hydrogen-bond donors (Lipinski definition) is 0. The SMILES string of the molecule is CCN(C(C)=O)[C@H](OC(C)=O)[C@H](OC(C)=O)[C@@H](OC(C)=O)[C@H](COC(C)=O)OC(C)=O. The van der Waals surface area contributed by atoms with E-state index in [-0.39, 0.29) is 6.54 Å². The van der Waals surface area contributed by atoms with Crippen molar-refractivity contribution >= 4 is 35.8 Å². The van der Waals surface area contributed by atoms with E-state index in [9.17, 15) is 28.8 Å². The monoisotopic (exact) mass is 447 g/mol. The van der Waals surface area contributed by atoms with Crippen LogP contribution >= 0.6 is 0 Å². The number of ether oxygens (including phenoxy) is 5. The minimum absolute atomic E-state index is 0.0278. The number of nitrogens with zero attached hydrogens (tertiary/aromatic N) is 1. The quantitative estimate of drug-likeness (QED) is 0.241. The molecule has 0 saturated carbocycles. The zero-order valence-corrected chi connectivity index (χ0v) is 18.7. The first-order chi connectivity index (χ1) is 14.3. The van der Waals surface area contributed by atoms with Crippen LogP contribution in [0.2, 0.25) is 0 Å². The van der Waals surface area contributed by atoms with Crippen molar-refractivity contribution in [3.05, 3.63) is 0 Å². The van der Waals surface area contributed by atoms with Gasteiger partial charge in [0.1, 0.15) is 6.61 Å². The Balaban J connectivity index is 6.54. The van der Waals surface area contributed by atoms with Crippen LogP contribution < -0.4 is 0 Å². The van der Waals surface area contributed by atoms with Crippen molar-refractivity contribution in [3.8, 4) is 0 Å². The van der Waals surface area contributed by atoms with Gasteiger partial charge >= 0.3 is 29.8 Å². The molecule has 4 atom stereocenters. The summed E-state index contributed by atoms with van der Waals surface area (Å²) in [6, 6.07) is 0. The minimum Gasteiger partial charge on any atom is -0.462 e. The molecule has 0 heterocycles. The largest absolute Gasteiger partial charge is 0.462 e. The number of esters is 5. The lowest BCUT2D eigenvalue weighted by molar-refractivity contribution is -0.217. The van der Waals surface area contributed by atoms with Gasteiger partial charge in [-0.2, -0.15) is 0 Å². The van der Waals surface area contributed by atoms with Crippen molar-refractivity contribution < 1.29 is 52.5 Å². The summed E-state index contributed by atoms with van der Waals surface area (Å²) in [6.45, 7) is 7.53. The molecule has 31 heavy (non-hydrogen) atoms. The van der Waals surface area contributed by atoms with Crippen LogP contribution in [0.5, 0.6) is 0 Å². The van der Waals surface area contributed by atoms with Crippen LogP contribution in [0.25, 0.3) is 0 Å². The van der Waals surface area contributed by atoms with Gasteiger partial charge in [-0.15, -0.1) is 0 Å². The molecule has 176 valence electrons. The van der Waals surface area contributed by atoms with Crippen LogP contribution in [0.1, 0.15) is 48.5 Å². The van der Waals surface area contributed by atoms with Crippen molar-refractivity contribution in [1.82, 2.24) is 4.90 Å². The predicted octanol–water partition coefficient (Wildman–Crippen LogP) is 0.102. The van der Waals surface area contributed by atoms with Crippen LogP contribution in [0.4, 0.5) is 0 Å². The maximum Gasteiger partial charge on any atom is 0.304 e. The van der Waals surface area contributed by atoms with E-state index in [1.807, 2.05) is 0 Å². The van der Waals surface area contributed by atoms with Gasteiger partial charge in [0, 0.05) is 48.1 Å². The average molecular weight is 447 g/mol. The lowest BCUT2D eigenvalue weighted by Gasteiger charge is -2.39. The zero-order valence-electron chi connectivity index (χ0n) is 18.7. The Bertz CT molecular complexity index is 690. The maximum absolute atomic E-state index is 12.1. The molecule has 0 aromatic heterocycles. The van der Waals surface area contributed by atoms with Gasteiger partial charge in [0.25, 0.3) is 0 Å². The van der Waals surface area contributed by atoms with E-state index in [2.05, 4.69) is 0 Å². The van der Waals surface area contributed by atoms with Gasteiger partial charge in [-0.25, -0.2) is 0 Å². The van der Waals surface area contributed by atoms with Crippen molar-refractivity contribution in [1.29, 1.82) is 0 Å². The summed E-state index contributed by atoms with van der Waals surface area (Å²) in [5.41, 5.74) is 0. The number of carbonyl (C=O) groups excluding carboxylic acids is 6. The second-order valence-corrected chi connectivity index (χ2v) is 6.40. The molecule has 0 N–H and O–H groups in total. The molecule has 0 rings (SSSR count). The fraction of sp³-hybridized carbons (Fsp3) is 0.684. The molecule has 0 unspecified atom stereocenters. The standard InChI is InChI=1S/C19H29NO11/c1-8-20(10(2)21)19(31-15(7)26)18(30-14(6)25)17(29-13(5)24)16(28-12(4)23)9-27-11(3)22/h16-19H,8-9H2,1-7H3/t16-,17-,18+,19+/m0/s1. The summed E-state index contributed by atoms with van der Waals surface area (Å²) in [4.78, 5) is 71.4. The Hall–Kier alpha value is -3.18. The van der Waals surface area contributed by atoms with E-state index in [1.54, 1.807) is 6.92 Å². The van der Waals surface area contributed by atoms with E-state index in [0.717, 1.165) is 39.5 Å². The smallest absolute Gasteiger partial charge is 0.304 e. The Morgan fingerprint density at radius 3 is 1.45 bits per heavy atom. The molecule has 0 aromatic carbocycles. The summed E-state index contributed by atoms with van der Waals surface area (Å²) in [5, 5.41) is 0. The topological polar surface area (TPSA) is 152 Å². The lowest BCUT2D eigenvalue weighted by Crippen LogP contribution is -2.59. The summed E-state index contributed by atoms with van der Waals surface area (Å²) in [7, 11) is 0. The molecular weight excluding hydrogens is 418 g/mol. The Kier molecular flexibility index (Phi) is 11.8. The van der Waals surface area contributed by atoms with Crippen LogP contribution in [-0.4, -0.2) is 78.3 Å². The van der Waals surface area contributed by atoms with Crippen LogP contribution in [0.3, 0.4) is 0 Å². The van der Waals surface area contributed by atoms with Crippen molar-refractivity contribution in [2.45, 2.75) is 73.0 Å². The van der Waals surface area contributed by atoms with Gasteiger partial charge in [-0.3, -0.25) is 28.8 Å². The first-order valence-electron chi connectivity index (χ1n) is 9.39. The summed E-state index contributed by atoms with van der Waals surface area (Å²) < 4.78 is 25.7. The van der Waals surface area contributed by atoms with E-state index in [0.29, 0.717) is 0 Å². The van der Waals surface area contributed by atoms with E-state index < -0.39 is 66.9 Å². The average Bonchev–Trinajstić information content (AvgIpc) is 2.60. The molecular formula is C19H29NO11. The molecule has 0 fully saturated rings. The number of hydrogen-bond acceptors (Lipinski definition) is 11. The molecule has 0 aliphatic heterocycles. The normalized spacial score (nSPS) is 14.2. The summed E-state index contributed by atoms with van der Waals surface area (Å²) in [6.07, 6.45) is -6.20. The zero-order chi connectivity index (χ0) is 24.3. The molecule has 0 aliphatic rings. The van der Waals surface area contributed by atoms with Crippen molar-refractivity contribution in [2.75, 3.05) is 13.2 Å². The third kappa shape index (κ3) is 10.4. The van der Waals surface area contributed by atoms with Gasteiger partial charge in [-0.1, -0.05) is 0 Å². The molecule has 12 nitrogen and oxygen atoms in total. The molecule has 12 heteroatoms. The maximum atomic E-state index is 12.1. The first kappa shape index (κ1) is 27.8. The number of likely N-dealkylation sites (N-methyl/N-ethyl adjacent to an activating group) is 1. The fourth-order valence-electron chi connectivity index (χ4n) is 2.69. The molecule has 1 amide bonds. The second kappa shape index (κ2) is 13.2. The third-order valence-electron chi connectivity index (χ3n) is 3.68. The predicted molar refractivity (Wildman–Crippen MR) is 102 cm³/mol. The summed E-state index contributed by atoms with van der Waals surface area (Å²) in [5.74, 6) is -4.65. The van der Waals surface area contributed by atoms with Gasteiger partial charge in [0.2, 0.25) is 12.1 Å². The lowest BCUT2D eigenvalue weighted by atomic mass is 10.0. The third-order valence-corrected chi connectivity index (χ3v) is 3.68. The number of amides is 1. The van der Waals surface area contributed by atoms with Crippen molar-refractivity contribution in [2.24, 2.45) is 0 Å². The molecule has 0 aliphatic carbocycles. The Morgan fingerprint density at radius 2 is 1.10 bits per heavy atom. The Labute approximate surface area is 180 Å². The van der Waals surface area contributed by atoms with Crippen LogP contribution in [0, 0.1) is 0 Å². The highest BCUT2D eigenvalue weighted by Crippen LogP contribution is 2.22. The highest BCUT2D eigenvalue weighted by Gasteiger charge is 2.46. The first-order valence-corrected chi connectivity index (χ1v) is 9.39. The summed E-state index contributed by atoms with van der Waals surface area (Å²) >= 11 is 0. The van der Waals surface area contributed by atoms with Gasteiger partial charge in [0.15, 0.2) is 18.3 Å². The van der Waals surface area contributed by atoms with Crippen LogP contribution in [-0.2, 0) is 52.5 Å². The van der Waals surface area contributed by atoms with Gasteiger partial charge in [-0.05, 0) is 6.92 Å². The van der Waals surface area contributed by atoms with Crippen molar-refractivity contribution in [3.63, 3.8) is 0 Å². The number of carbonyl (C=O) groups is 6. The van der Waals surface area contributed by atoms with Gasteiger partial charge < -0.3 is 28.6 Å². The fourth-order valence-corrected chi connectivity index (χ4v) is 2.69. The highest BCUT2D eigenvalue weighted by molar-refractivity contribution is 5.74. The molecule has 0 aromatic rings. The van der Waals surface area contributed by atoms with E-state index in [1.165, 1.54) is 6.92 Å². The van der Waals surface area contributed by atoms with E-state index in [4.69, 9.17) is 23.7 Å². The second-order valence-electron chi connectivity index (χ2n) is 6.40. The molecule has 0 bridgehead atoms. The minimum atomic E-state index is -1.62. The van der Waals surface area contributed by atoms with Crippen LogP contribution in [0.15, 0.2) is 0 Å². The van der Waals surface area contributed by atoms with Gasteiger partial charge in [0.05, 0.1) is 0 Å². The molecule has 0 radical (unpaired) electrons. The highest BCUT2D eigenvalue weighted by atomic mass is 16.6. The number of rotatable bonds is 11.